The van der Waals surface area contributed by atoms with Gasteiger partial charge in [-0.1, -0.05) is 35.1 Å². The van der Waals surface area contributed by atoms with Crippen molar-refractivity contribution in [2.75, 3.05) is 31.1 Å². The molecule has 1 aliphatic rings. The minimum Gasteiger partial charge on any atom is -0.345 e. The van der Waals surface area contributed by atoms with E-state index in [1.165, 1.54) is 16.4 Å². The van der Waals surface area contributed by atoms with Crippen molar-refractivity contribution < 1.29 is 21.6 Å². The van der Waals surface area contributed by atoms with Gasteiger partial charge in [0.05, 0.1) is 11.2 Å². The van der Waals surface area contributed by atoms with Crippen LogP contribution in [-0.4, -0.2) is 43.9 Å². The van der Waals surface area contributed by atoms with Crippen LogP contribution < -0.4 is 4.90 Å². The van der Waals surface area contributed by atoms with Crippen LogP contribution in [0.4, 0.5) is 18.3 Å². The maximum atomic E-state index is 12.7. The van der Waals surface area contributed by atoms with E-state index in [-0.39, 0.29) is 41.2 Å². The summed E-state index contributed by atoms with van der Waals surface area (Å²) >= 11 is 6.52. The van der Waals surface area contributed by atoms with Gasteiger partial charge in [-0.2, -0.15) is 17.5 Å². The highest BCUT2D eigenvalue weighted by Crippen LogP contribution is 2.36. The number of benzene rings is 1. The second kappa shape index (κ2) is 6.75. The molecule has 1 fully saturated rings. The van der Waals surface area contributed by atoms with Crippen molar-refractivity contribution in [3.8, 4) is 0 Å². The van der Waals surface area contributed by atoms with Gasteiger partial charge in [0.1, 0.15) is 9.77 Å². The van der Waals surface area contributed by atoms with Gasteiger partial charge in [-0.05, 0) is 12.1 Å². The Morgan fingerprint density at radius 3 is 2.32 bits per heavy atom. The fourth-order valence-electron chi connectivity index (χ4n) is 2.45. The first kappa shape index (κ1) is 18.4. The summed E-state index contributed by atoms with van der Waals surface area (Å²) in [6.45, 7) is 0.811. The van der Waals surface area contributed by atoms with Crippen molar-refractivity contribution in [2.45, 2.75) is 11.1 Å². The van der Waals surface area contributed by atoms with Crippen LogP contribution in [0.3, 0.4) is 0 Å². The van der Waals surface area contributed by atoms with Crippen LogP contribution in [0.5, 0.6) is 0 Å². The number of aromatic nitrogens is 1. The Kier molecular flexibility index (Phi) is 4.97. The summed E-state index contributed by atoms with van der Waals surface area (Å²) in [5, 5.41) is 0.377. The number of hydrogen-bond donors (Lipinski definition) is 0. The van der Waals surface area contributed by atoms with E-state index in [9.17, 15) is 21.6 Å². The van der Waals surface area contributed by atoms with Gasteiger partial charge in [0.25, 0.3) is 0 Å². The molecule has 0 spiro atoms. The zero-order chi connectivity index (χ0) is 18.2. The van der Waals surface area contributed by atoms with E-state index in [1.54, 1.807) is 17.0 Å². The fraction of sp³-hybridized carbons (Fsp3) is 0.357. The Labute approximate surface area is 151 Å². The Morgan fingerprint density at radius 1 is 1.12 bits per heavy atom. The molecule has 0 amide bonds. The number of nitrogens with zero attached hydrogens (tertiary/aromatic N) is 3. The zero-order valence-electron chi connectivity index (χ0n) is 12.7. The van der Waals surface area contributed by atoms with Crippen molar-refractivity contribution >= 4 is 38.1 Å². The first-order valence-corrected chi connectivity index (χ1v) is 9.86. The van der Waals surface area contributed by atoms with Gasteiger partial charge < -0.3 is 4.90 Å². The highest BCUT2D eigenvalue weighted by molar-refractivity contribution is 7.89. The number of anilines is 1. The molecule has 0 aliphatic carbocycles. The average Bonchev–Trinajstić information content (AvgIpc) is 3.05. The minimum atomic E-state index is -4.43. The van der Waals surface area contributed by atoms with E-state index in [2.05, 4.69) is 4.98 Å². The largest absolute Gasteiger partial charge is 0.427 e. The van der Waals surface area contributed by atoms with E-state index in [0.717, 1.165) is 6.20 Å². The highest BCUT2D eigenvalue weighted by atomic mass is 35.5. The maximum Gasteiger partial charge on any atom is 0.427 e. The molecule has 3 rings (SSSR count). The van der Waals surface area contributed by atoms with E-state index in [1.807, 2.05) is 0 Å². The van der Waals surface area contributed by atoms with Gasteiger partial charge in [-0.3, -0.25) is 0 Å². The molecule has 1 aromatic carbocycles. The predicted octanol–water partition coefficient (Wildman–Crippen LogP) is 3.33. The quantitative estimate of drug-likeness (QED) is 0.777. The van der Waals surface area contributed by atoms with E-state index >= 15 is 0 Å². The van der Waals surface area contributed by atoms with Crippen LogP contribution in [0.25, 0.3) is 0 Å². The molecule has 0 atom stereocenters. The highest BCUT2D eigenvalue weighted by Gasteiger charge is 2.35. The summed E-state index contributed by atoms with van der Waals surface area (Å²) in [5.74, 6) is 0. The molecule has 0 unspecified atom stereocenters. The van der Waals surface area contributed by atoms with Gasteiger partial charge >= 0.3 is 6.18 Å². The van der Waals surface area contributed by atoms with Crippen molar-refractivity contribution in [2.24, 2.45) is 0 Å². The monoisotopic (exact) mass is 411 g/mol. The number of alkyl halides is 3. The second-order valence-electron chi connectivity index (χ2n) is 5.33. The standard InChI is InChI=1S/C14H13ClF3N3O2S2/c15-10-3-1-2-4-11(10)25(22,23)21-7-5-20(6-8-21)13-19-9-12(24-13)14(16,17)18/h1-4,9H,5-8H2. The zero-order valence-corrected chi connectivity index (χ0v) is 15.1. The molecule has 0 saturated carbocycles. The van der Waals surface area contributed by atoms with E-state index in [4.69, 9.17) is 11.6 Å². The minimum absolute atomic E-state index is 0.0266. The maximum absolute atomic E-state index is 12.7. The smallest absolute Gasteiger partial charge is 0.345 e. The molecule has 0 bridgehead atoms. The van der Waals surface area contributed by atoms with Crippen LogP contribution in [0.15, 0.2) is 35.4 Å². The van der Waals surface area contributed by atoms with Gasteiger partial charge in [0.15, 0.2) is 5.13 Å². The molecule has 1 aromatic heterocycles. The lowest BCUT2D eigenvalue weighted by molar-refractivity contribution is -0.134. The Hall–Kier alpha value is -1.36. The molecule has 25 heavy (non-hydrogen) atoms. The van der Waals surface area contributed by atoms with Crippen LogP contribution >= 0.6 is 22.9 Å². The van der Waals surface area contributed by atoms with Crippen molar-refractivity contribution in [3.63, 3.8) is 0 Å². The number of piperazine rings is 1. The summed E-state index contributed by atoms with van der Waals surface area (Å²) in [5.41, 5.74) is 0. The third kappa shape index (κ3) is 3.76. The van der Waals surface area contributed by atoms with Crippen molar-refractivity contribution in [1.82, 2.24) is 9.29 Å². The fourth-order valence-corrected chi connectivity index (χ4v) is 5.21. The summed E-state index contributed by atoms with van der Waals surface area (Å²) in [6.07, 6.45) is -3.63. The summed E-state index contributed by atoms with van der Waals surface area (Å²) in [6, 6.07) is 6.16. The predicted molar refractivity (Wildman–Crippen MR) is 89.5 cm³/mol. The van der Waals surface area contributed by atoms with Crippen LogP contribution in [0, 0.1) is 0 Å². The second-order valence-corrected chi connectivity index (χ2v) is 8.65. The number of sulfonamides is 1. The van der Waals surface area contributed by atoms with Gasteiger partial charge in [-0.15, -0.1) is 0 Å². The SMILES string of the molecule is O=S(=O)(c1ccccc1Cl)N1CCN(c2ncc(C(F)(F)F)s2)CC1. The molecule has 136 valence electrons. The lowest BCUT2D eigenvalue weighted by Crippen LogP contribution is -2.48. The molecule has 2 aromatic rings. The molecule has 1 aliphatic heterocycles. The third-order valence-corrected chi connectivity index (χ3v) is 7.24. The Balaban J connectivity index is 1.72. The van der Waals surface area contributed by atoms with Crippen LogP contribution in [0.1, 0.15) is 4.88 Å². The van der Waals surface area contributed by atoms with Gasteiger partial charge in [-0.25, -0.2) is 13.4 Å². The summed E-state index contributed by atoms with van der Waals surface area (Å²) in [4.78, 5) is 4.71. The number of hydrogen-bond acceptors (Lipinski definition) is 5. The molecular weight excluding hydrogens is 399 g/mol. The Bertz CT molecular complexity index is 862. The molecular formula is C14H13ClF3N3O2S2. The summed E-state index contributed by atoms with van der Waals surface area (Å²) < 4.78 is 64.6. The summed E-state index contributed by atoms with van der Waals surface area (Å²) in [7, 11) is -3.74. The molecule has 11 heteroatoms. The molecule has 1 saturated heterocycles. The van der Waals surface area contributed by atoms with Gasteiger partial charge in [0.2, 0.25) is 10.0 Å². The molecule has 5 nitrogen and oxygen atoms in total. The first-order chi connectivity index (χ1) is 11.7. The van der Waals surface area contributed by atoms with E-state index < -0.39 is 21.1 Å². The van der Waals surface area contributed by atoms with E-state index in [0.29, 0.717) is 11.3 Å². The lowest BCUT2D eigenvalue weighted by atomic mass is 10.4. The first-order valence-electron chi connectivity index (χ1n) is 7.22. The number of rotatable bonds is 3. The third-order valence-electron chi connectivity index (χ3n) is 3.74. The lowest BCUT2D eigenvalue weighted by Gasteiger charge is -2.33. The normalized spacial score (nSPS) is 17.0. The van der Waals surface area contributed by atoms with Crippen LogP contribution in [0.2, 0.25) is 5.02 Å². The van der Waals surface area contributed by atoms with Gasteiger partial charge in [0, 0.05) is 26.2 Å². The average molecular weight is 412 g/mol. The Morgan fingerprint density at radius 2 is 1.76 bits per heavy atom. The number of halogens is 4. The molecule has 0 radical (unpaired) electrons. The topological polar surface area (TPSA) is 53.5 Å². The van der Waals surface area contributed by atoms with Crippen molar-refractivity contribution in [1.29, 1.82) is 0 Å². The van der Waals surface area contributed by atoms with Crippen molar-refractivity contribution in [3.05, 3.63) is 40.4 Å². The number of thiazole rings is 1. The molecule has 2 heterocycles. The van der Waals surface area contributed by atoms with Crippen LogP contribution in [-0.2, 0) is 16.2 Å². The molecule has 0 N–H and O–H groups in total.